The van der Waals surface area contributed by atoms with Crippen molar-refractivity contribution in [1.82, 2.24) is 19.8 Å². The van der Waals surface area contributed by atoms with Crippen LogP contribution in [-0.4, -0.2) is 54.8 Å². The van der Waals surface area contributed by atoms with Gasteiger partial charge in [-0.3, -0.25) is 14.5 Å². The number of aromatic nitrogens is 2. The van der Waals surface area contributed by atoms with Crippen LogP contribution in [0.25, 0.3) is 11.4 Å². The molecule has 2 aliphatic heterocycles. The van der Waals surface area contributed by atoms with Gasteiger partial charge in [0.1, 0.15) is 11.7 Å². The Bertz CT molecular complexity index is 1370. The number of hydrogen-bond donors (Lipinski definition) is 1. The largest absolute Gasteiger partial charge is 0.342 e. The number of nitrogens with one attached hydrogen (secondary N) is 1. The van der Waals surface area contributed by atoms with E-state index in [-0.39, 0.29) is 41.3 Å². The number of fused-ring (bicyclic) bond motifs is 1. The molecule has 2 aromatic carbocycles. The third-order valence-electron chi connectivity index (χ3n) is 5.91. The molecule has 3 heterocycles. The Morgan fingerprint density at radius 2 is 2.09 bits per heavy atom. The van der Waals surface area contributed by atoms with Crippen LogP contribution in [-0.2, 0) is 14.8 Å². The van der Waals surface area contributed by atoms with Crippen molar-refractivity contribution in [3.8, 4) is 11.4 Å². The van der Waals surface area contributed by atoms with E-state index in [9.17, 15) is 17.6 Å². The van der Waals surface area contributed by atoms with E-state index < -0.39 is 10.0 Å². The number of amides is 1. The molecule has 0 bridgehead atoms. The van der Waals surface area contributed by atoms with Crippen LogP contribution >= 0.6 is 0 Å². The maximum atomic E-state index is 13.5. The number of halogens is 1. The average Bonchev–Trinajstić information content (AvgIpc) is 3.43. The Balaban J connectivity index is 1.21. The number of hydrogen-bond acceptors (Lipinski definition) is 7. The molecule has 5 rings (SSSR count). The van der Waals surface area contributed by atoms with Gasteiger partial charge in [0.05, 0.1) is 17.4 Å². The molecule has 2 aliphatic rings. The number of carbonyl (C=O) groups is 1. The number of nitrogens with zero attached hydrogens (tertiary/aromatic N) is 4. The van der Waals surface area contributed by atoms with Gasteiger partial charge < -0.3 is 9.42 Å². The lowest BCUT2D eigenvalue weighted by Gasteiger charge is -2.31. The molecule has 1 aromatic heterocycles. The summed E-state index contributed by atoms with van der Waals surface area (Å²) in [5.41, 5.74) is 1.04. The van der Waals surface area contributed by atoms with Crippen molar-refractivity contribution in [2.24, 2.45) is 4.99 Å². The van der Waals surface area contributed by atoms with Crippen LogP contribution in [0.1, 0.15) is 36.6 Å². The standard InChI is InChI=1S/C23H22FN5O4S/c24-17-7-3-5-15(13-17)21-26-23(33-27-21)16-6-4-12-29(14-16)20(30)10-11-25-22-18-8-1-2-9-19(18)34(31,32)28-22/h1-3,5,7-9,13,16H,4,6,10-12,14H2,(H,25,28). The fourth-order valence-corrected chi connectivity index (χ4v) is 5.47. The fraction of sp³-hybridized carbons (Fsp3) is 0.304. The lowest BCUT2D eigenvalue weighted by molar-refractivity contribution is -0.132. The molecule has 0 saturated carbocycles. The number of likely N-dealkylation sites (tertiary alicyclic amines) is 1. The first-order valence-electron chi connectivity index (χ1n) is 10.9. The summed E-state index contributed by atoms with van der Waals surface area (Å²) in [7, 11) is -3.60. The first-order chi connectivity index (χ1) is 16.4. The number of piperidine rings is 1. The molecule has 9 nitrogen and oxygen atoms in total. The Labute approximate surface area is 195 Å². The zero-order valence-electron chi connectivity index (χ0n) is 18.1. The van der Waals surface area contributed by atoms with Crippen LogP contribution in [0.3, 0.4) is 0 Å². The monoisotopic (exact) mass is 483 g/mol. The van der Waals surface area contributed by atoms with Gasteiger partial charge in [-0.05, 0) is 37.1 Å². The highest BCUT2D eigenvalue weighted by Gasteiger charge is 2.31. The van der Waals surface area contributed by atoms with Crippen LogP contribution in [0.2, 0.25) is 0 Å². The summed E-state index contributed by atoms with van der Waals surface area (Å²) in [6, 6.07) is 12.6. The van der Waals surface area contributed by atoms with Gasteiger partial charge >= 0.3 is 0 Å². The summed E-state index contributed by atoms with van der Waals surface area (Å²) in [5.74, 6) is 0.439. The molecule has 3 aromatic rings. The van der Waals surface area contributed by atoms with E-state index in [2.05, 4.69) is 19.9 Å². The van der Waals surface area contributed by atoms with Crippen LogP contribution in [0.15, 0.2) is 62.9 Å². The normalized spacial score (nSPS) is 20.2. The molecule has 34 heavy (non-hydrogen) atoms. The SMILES string of the molecule is O=C(CCN=C1NS(=O)(=O)c2ccccc21)N1CCCC(c2nc(-c3cccc(F)c3)no2)C1. The van der Waals surface area contributed by atoms with Crippen molar-refractivity contribution < 1.29 is 22.1 Å². The first kappa shape index (κ1) is 22.2. The molecular weight excluding hydrogens is 461 g/mol. The average molecular weight is 484 g/mol. The Morgan fingerprint density at radius 3 is 2.94 bits per heavy atom. The first-order valence-corrected chi connectivity index (χ1v) is 12.4. The molecule has 1 unspecified atom stereocenters. The quantitative estimate of drug-likeness (QED) is 0.596. The molecule has 11 heteroatoms. The van der Waals surface area contributed by atoms with Gasteiger partial charge in [0.15, 0.2) is 0 Å². The molecule has 1 atom stereocenters. The van der Waals surface area contributed by atoms with Crippen molar-refractivity contribution in [2.75, 3.05) is 19.6 Å². The summed E-state index contributed by atoms with van der Waals surface area (Å²) in [5, 5.41) is 3.97. The van der Waals surface area contributed by atoms with Gasteiger partial charge in [-0.25, -0.2) is 12.8 Å². The Kier molecular flexibility index (Phi) is 5.86. The minimum atomic E-state index is -3.60. The minimum absolute atomic E-state index is 0.0759. The van der Waals surface area contributed by atoms with Crippen molar-refractivity contribution in [3.05, 3.63) is 65.8 Å². The highest BCUT2D eigenvalue weighted by molar-refractivity contribution is 7.90. The second-order valence-corrected chi connectivity index (χ2v) is 9.88. The summed E-state index contributed by atoms with van der Waals surface area (Å²) in [6.07, 6.45) is 1.74. The van der Waals surface area contributed by atoms with Gasteiger partial charge in [0, 0.05) is 30.6 Å². The number of carbonyl (C=O) groups excluding carboxylic acids is 1. The molecule has 0 radical (unpaired) electrons. The predicted octanol–water partition coefficient (Wildman–Crippen LogP) is 2.71. The van der Waals surface area contributed by atoms with E-state index in [0.29, 0.717) is 35.9 Å². The van der Waals surface area contributed by atoms with Crippen LogP contribution < -0.4 is 4.72 Å². The van der Waals surface area contributed by atoms with Gasteiger partial charge in [-0.2, -0.15) is 4.98 Å². The third-order valence-corrected chi connectivity index (χ3v) is 7.30. The highest BCUT2D eigenvalue weighted by atomic mass is 32.2. The van der Waals surface area contributed by atoms with Crippen molar-refractivity contribution >= 4 is 21.8 Å². The Morgan fingerprint density at radius 1 is 1.24 bits per heavy atom. The van der Waals surface area contributed by atoms with E-state index in [4.69, 9.17) is 4.52 Å². The van der Waals surface area contributed by atoms with E-state index in [1.807, 2.05) is 0 Å². The van der Waals surface area contributed by atoms with E-state index in [1.54, 1.807) is 35.2 Å². The maximum absolute atomic E-state index is 13.5. The van der Waals surface area contributed by atoms with Crippen LogP contribution in [0, 0.1) is 5.82 Å². The molecule has 1 amide bonds. The van der Waals surface area contributed by atoms with Gasteiger partial charge in [0.2, 0.25) is 17.6 Å². The number of benzene rings is 2. The van der Waals surface area contributed by atoms with E-state index in [1.165, 1.54) is 18.2 Å². The molecule has 1 saturated heterocycles. The van der Waals surface area contributed by atoms with Crippen LogP contribution in [0.5, 0.6) is 0 Å². The molecular formula is C23H22FN5O4S. The van der Waals surface area contributed by atoms with Crippen molar-refractivity contribution in [3.63, 3.8) is 0 Å². The minimum Gasteiger partial charge on any atom is -0.342 e. The molecule has 176 valence electrons. The van der Waals surface area contributed by atoms with Gasteiger partial charge in [-0.15, -0.1) is 0 Å². The second-order valence-electron chi connectivity index (χ2n) is 8.23. The Hall–Kier alpha value is -3.60. The van der Waals surface area contributed by atoms with Crippen LogP contribution in [0.4, 0.5) is 4.39 Å². The summed E-state index contributed by atoms with van der Waals surface area (Å²) in [4.78, 5) is 23.5. The molecule has 1 N–H and O–H groups in total. The van der Waals surface area contributed by atoms with Gasteiger partial charge in [0.25, 0.3) is 10.0 Å². The van der Waals surface area contributed by atoms with E-state index in [0.717, 1.165) is 12.8 Å². The number of aliphatic imine (C=N–C) groups is 1. The van der Waals surface area contributed by atoms with Gasteiger partial charge in [-0.1, -0.05) is 29.4 Å². The number of rotatable bonds is 5. The van der Waals surface area contributed by atoms with E-state index >= 15 is 0 Å². The summed E-state index contributed by atoms with van der Waals surface area (Å²) < 4.78 is 45.7. The third kappa shape index (κ3) is 4.43. The predicted molar refractivity (Wildman–Crippen MR) is 121 cm³/mol. The zero-order chi connectivity index (χ0) is 23.7. The zero-order valence-corrected chi connectivity index (χ0v) is 19.0. The highest BCUT2D eigenvalue weighted by Crippen LogP contribution is 2.28. The fourth-order valence-electron chi connectivity index (χ4n) is 4.22. The van der Waals surface area contributed by atoms with Crippen molar-refractivity contribution in [2.45, 2.75) is 30.1 Å². The second kappa shape index (κ2) is 8.98. The smallest absolute Gasteiger partial charge is 0.263 e. The topological polar surface area (TPSA) is 118 Å². The molecule has 0 spiro atoms. The lowest BCUT2D eigenvalue weighted by Crippen LogP contribution is -2.39. The lowest BCUT2D eigenvalue weighted by atomic mass is 9.97. The molecule has 1 fully saturated rings. The summed E-state index contributed by atoms with van der Waals surface area (Å²) >= 11 is 0. The summed E-state index contributed by atoms with van der Waals surface area (Å²) in [6.45, 7) is 1.22. The maximum Gasteiger partial charge on any atom is 0.263 e. The number of amidine groups is 1. The molecule has 0 aliphatic carbocycles. The number of sulfonamides is 1. The van der Waals surface area contributed by atoms with Crippen molar-refractivity contribution in [1.29, 1.82) is 0 Å².